The van der Waals surface area contributed by atoms with E-state index in [0.717, 1.165) is 16.9 Å². The Hall–Kier alpha value is -1.96. The van der Waals surface area contributed by atoms with Crippen LogP contribution in [0.5, 0.6) is 0 Å². The van der Waals surface area contributed by atoms with Crippen LogP contribution in [0.25, 0.3) is 11.1 Å². The number of anilines is 2. The topological polar surface area (TPSA) is 52.0 Å². The van der Waals surface area contributed by atoms with Crippen molar-refractivity contribution in [2.45, 2.75) is 27.7 Å². The summed E-state index contributed by atoms with van der Waals surface area (Å²) in [7, 11) is 0. The Labute approximate surface area is 109 Å². The van der Waals surface area contributed by atoms with Crippen molar-refractivity contribution in [3.8, 4) is 11.1 Å². The van der Waals surface area contributed by atoms with Crippen molar-refractivity contribution in [2.75, 3.05) is 11.5 Å². The molecular weight excluding hydrogens is 220 g/mol. The first kappa shape index (κ1) is 12.5. The Morgan fingerprint density at radius 3 is 1.67 bits per heavy atom. The molecule has 0 heterocycles. The highest BCUT2D eigenvalue weighted by atomic mass is 14.6. The van der Waals surface area contributed by atoms with Crippen LogP contribution in [-0.2, 0) is 0 Å². The van der Waals surface area contributed by atoms with Crippen molar-refractivity contribution in [3.05, 3.63) is 46.5 Å². The molecule has 0 aromatic heterocycles. The van der Waals surface area contributed by atoms with E-state index in [0.29, 0.717) is 0 Å². The second-order valence-electron chi connectivity index (χ2n) is 5.08. The van der Waals surface area contributed by atoms with E-state index >= 15 is 0 Å². The summed E-state index contributed by atoms with van der Waals surface area (Å²) in [4.78, 5) is 0. The van der Waals surface area contributed by atoms with Gasteiger partial charge in [0.2, 0.25) is 0 Å². The summed E-state index contributed by atoms with van der Waals surface area (Å²) in [6, 6.07) is 8.20. The fourth-order valence-corrected chi connectivity index (χ4v) is 2.73. The van der Waals surface area contributed by atoms with Gasteiger partial charge in [0, 0.05) is 16.9 Å². The Morgan fingerprint density at radius 1 is 0.667 bits per heavy atom. The molecule has 0 saturated carbocycles. The lowest BCUT2D eigenvalue weighted by atomic mass is 9.90. The van der Waals surface area contributed by atoms with Gasteiger partial charge in [0.05, 0.1) is 0 Å². The van der Waals surface area contributed by atoms with Gasteiger partial charge in [-0.2, -0.15) is 0 Å². The van der Waals surface area contributed by atoms with Gasteiger partial charge in [-0.05, 0) is 73.7 Å². The summed E-state index contributed by atoms with van der Waals surface area (Å²) >= 11 is 0. The molecule has 0 saturated heterocycles. The summed E-state index contributed by atoms with van der Waals surface area (Å²) in [6.07, 6.45) is 0. The van der Waals surface area contributed by atoms with Crippen molar-refractivity contribution >= 4 is 11.4 Å². The zero-order valence-corrected chi connectivity index (χ0v) is 11.5. The standard InChI is InChI=1S/C16H20N2/c1-9-5-10(2)16(14(18)6-9)15-11(3)7-13(17)8-12(15)4/h5-8H,17-18H2,1-4H3. The van der Waals surface area contributed by atoms with Crippen LogP contribution < -0.4 is 11.5 Å². The normalized spacial score (nSPS) is 10.7. The van der Waals surface area contributed by atoms with Gasteiger partial charge in [-0.1, -0.05) is 6.07 Å². The number of benzene rings is 2. The van der Waals surface area contributed by atoms with E-state index in [2.05, 4.69) is 33.8 Å². The van der Waals surface area contributed by atoms with Gasteiger partial charge in [-0.3, -0.25) is 0 Å². The second kappa shape index (κ2) is 4.37. The maximum atomic E-state index is 6.20. The lowest BCUT2D eigenvalue weighted by Crippen LogP contribution is -1.99. The molecule has 0 aliphatic heterocycles. The van der Waals surface area contributed by atoms with Crippen LogP contribution >= 0.6 is 0 Å². The Bertz CT molecular complexity index is 511. The van der Waals surface area contributed by atoms with E-state index in [9.17, 15) is 0 Å². The van der Waals surface area contributed by atoms with E-state index in [1.807, 2.05) is 18.2 Å². The molecule has 4 N–H and O–H groups in total. The van der Waals surface area contributed by atoms with E-state index in [1.165, 1.54) is 27.8 Å². The molecule has 2 heteroatoms. The van der Waals surface area contributed by atoms with Crippen molar-refractivity contribution < 1.29 is 0 Å². The van der Waals surface area contributed by atoms with E-state index in [1.54, 1.807) is 0 Å². The van der Waals surface area contributed by atoms with Gasteiger partial charge < -0.3 is 11.5 Å². The number of rotatable bonds is 1. The van der Waals surface area contributed by atoms with E-state index < -0.39 is 0 Å². The van der Waals surface area contributed by atoms with Crippen LogP contribution in [-0.4, -0.2) is 0 Å². The molecule has 18 heavy (non-hydrogen) atoms. The number of nitrogen functional groups attached to an aromatic ring is 2. The minimum absolute atomic E-state index is 0.803. The summed E-state index contributed by atoms with van der Waals surface area (Å²) < 4.78 is 0. The average molecular weight is 240 g/mol. The summed E-state index contributed by atoms with van der Waals surface area (Å²) in [5, 5.41) is 0. The monoisotopic (exact) mass is 240 g/mol. The van der Waals surface area contributed by atoms with Crippen LogP contribution in [0.4, 0.5) is 11.4 Å². The molecule has 0 atom stereocenters. The van der Waals surface area contributed by atoms with Crippen molar-refractivity contribution in [3.63, 3.8) is 0 Å². The molecule has 0 unspecified atom stereocenters. The minimum atomic E-state index is 0.803. The van der Waals surface area contributed by atoms with Crippen LogP contribution in [0.1, 0.15) is 22.3 Å². The van der Waals surface area contributed by atoms with Crippen LogP contribution in [0, 0.1) is 27.7 Å². The molecule has 2 rings (SSSR count). The molecule has 0 aliphatic carbocycles. The molecule has 94 valence electrons. The zero-order chi connectivity index (χ0) is 13.4. The van der Waals surface area contributed by atoms with Gasteiger partial charge >= 0.3 is 0 Å². The Balaban J connectivity index is 2.78. The highest BCUT2D eigenvalue weighted by molar-refractivity contribution is 5.84. The number of hydrogen-bond donors (Lipinski definition) is 2. The summed E-state index contributed by atoms with van der Waals surface area (Å²) in [5.41, 5.74) is 20.8. The first-order chi connectivity index (χ1) is 8.40. The molecule has 0 spiro atoms. The molecule has 0 amide bonds. The predicted octanol–water partition coefficient (Wildman–Crippen LogP) is 3.75. The SMILES string of the molecule is Cc1cc(C)c(-c2c(C)cc(N)cc2C)c(N)c1. The Kier molecular flexibility index (Phi) is 3.04. The fourth-order valence-electron chi connectivity index (χ4n) is 2.73. The second-order valence-corrected chi connectivity index (χ2v) is 5.08. The van der Waals surface area contributed by atoms with Crippen molar-refractivity contribution in [2.24, 2.45) is 0 Å². The Morgan fingerprint density at radius 2 is 1.17 bits per heavy atom. The molecule has 0 radical (unpaired) electrons. The maximum absolute atomic E-state index is 6.20. The first-order valence-corrected chi connectivity index (χ1v) is 6.14. The molecule has 0 fully saturated rings. The summed E-state index contributed by atoms with van der Waals surface area (Å²) in [5.74, 6) is 0. The van der Waals surface area contributed by atoms with Crippen LogP contribution in [0.15, 0.2) is 24.3 Å². The van der Waals surface area contributed by atoms with Gasteiger partial charge in [0.1, 0.15) is 0 Å². The molecule has 0 aliphatic rings. The van der Waals surface area contributed by atoms with Gasteiger partial charge in [-0.15, -0.1) is 0 Å². The number of hydrogen-bond acceptors (Lipinski definition) is 2. The van der Waals surface area contributed by atoms with Crippen LogP contribution in [0.2, 0.25) is 0 Å². The first-order valence-electron chi connectivity index (χ1n) is 6.14. The third kappa shape index (κ3) is 2.06. The quantitative estimate of drug-likeness (QED) is 0.746. The summed E-state index contributed by atoms with van der Waals surface area (Å²) in [6.45, 7) is 8.33. The lowest BCUT2D eigenvalue weighted by Gasteiger charge is -2.17. The third-order valence-electron chi connectivity index (χ3n) is 3.32. The number of aryl methyl sites for hydroxylation is 4. The zero-order valence-electron chi connectivity index (χ0n) is 11.5. The van der Waals surface area contributed by atoms with Crippen LogP contribution in [0.3, 0.4) is 0 Å². The van der Waals surface area contributed by atoms with Gasteiger partial charge in [0.15, 0.2) is 0 Å². The van der Waals surface area contributed by atoms with E-state index in [-0.39, 0.29) is 0 Å². The fraction of sp³-hybridized carbons (Fsp3) is 0.250. The van der Waals surface area contributed by atoms with Crippen molar-refractivity contribution in [1.29, 1.82) is 0 Å². The van der Waals surface area contributed by atoms with Crippen molar-refractivity contribution in [1.82, 2.24) is 0 Å². The minimum Gasteiger partial charge on any atom is -0.399 e. The highest BCUT2D eigenvalue weighted by Gasteiger charge is 2.12. The lowest BCUT2D eigenvalue weighted by molar-refractivity contribution is 1.33. The molecule has 2 aromatic carbocycles. The largest absolute Gasteiger partial charge is 0.399 e. The predicted molar refractivity (Wildman–Crippen MR) is 79.7 cm³/mol. The maximum Gasteiger partial charge on any atom is 0.0399 e. The number of nitrogens with two attached hydrogens (primary N) is 2. The highest BCUT2D eigenvalue weighted by Crippen LogP contribution is 2.36. The van der Waals surface area contributed by atoms with E-state index in [4.69, 9.17) is 11.5 Å². The molecular formula is C16H20N2. The molecule has 0 bridgehead atoms. The average Bonchev–Trinajstić information content (AvgIpc) is 2.20. The molecule has 2 nitrogen and oxygen atoms in total. The smallest absolute Gasteiger partial charge is 0.0399 e. The molecule has 2 aromatic rings. The van der Waals surface area contributed by atoms with Gasteiger partial charge in [0.25, 0.3) is 0 Å². The third-order valence-corrected chi connectivity index (χ3v) is 3.32. The van der Waals surface area contributed by atoms with Gasteiger partial charge in [-0.25, -0.2) is 0 Å².